The third-order valence-corrected chi connectivity index (χ3v) is 8.31. The molecule has 4 rings (SSSR count). The summed E-state index contributed by atoms with van der Waals surface area (Å²) in [4.78, 5) is 47.9. The van der Waals surface area contributed by atoms with Crippen LogP contribution in [0.2, 0.25) is 10.0 Å². The van der Waals surface area contributed by atoms with Gasteiger partial charge in [0.15, 0.2) is 0 Å². The first-order chi connectivity index (χ1) is 20.2. The van der Waals surface area contributed by atoms with E-state index < -0.39 is 18.0 Å². The van der Waals surface area contributed by atoms with Crippen LogP contribution in [0, 0.1) is 5.82 Å². The maximum atomic E-state index is 14.0. The number of piperazine rings is 1. The van der Waals surface area contributed by atoms with Crippen molar-refractivity contribution in [3.63, 3.8) is 0 Å². The zero-order chi connectivity index (χ0) is 30.2. The topological polar surface area (TPSA) is 94.6 Å². The quantitative estimate of drug-likeness (QED) is 0.358. The predicted molar refractivity (Wildman–Crippen MR) is 161 cm³/mol. The average molecular weight is 615 g/mol. The molecule has 2 aromatic carbocycles. The highest BCUT2D eigenvalue weighted by atomic mass is 35.5. The van der Waals surface area contributed by atoms with Gasteiger partial charge < -0.3 is 15.5 Å². The van der Waals surface area contributed by atoms with Crippen molar-refractivity contribution in [2.24, 2.45) is 0 Å². The minimum atomic E-state index is -0.873. The zero-order valence-corrected chi connectivity index (χ0v) is 25.0. The summed E-state index contributed by atoms with van der Waals surface area (Å²) in [5.41, 5.74) is 1.98. The summed E-state index contributed by atoms with van der Waals surface area (Å²) < 4.78 is 13.6. The van der Waals surface area contributed by atoms with Crippen LogP contribution in [0.3, 0.4) is 0 Å². The molecule has 1 fully saturated rings. The van der Waals surface area contributed by atoms with Gasteiger partial charge in [0, 0.05) is 57.1 Å². The molecule has 222 valence electrons. The normalized spacial score (nSPS) is 16.9. The number of halogens is 3. The highest BCUT2D eigenvalue weighted by Crippen LogP contribution is 2.25. The van der Waals surface area contributed by atoms with Crippen molar-refractivity contribution < 1.29 is 18.8 Å². The van der Waals surface area contributed by atoms with Gasteiger partial charge in [-0.15, -0.1) is 0 Å². The van der Waals surface area contributed by atoms with Crippen LogP contribution in [0.15, 0.2) is 67.0 Å². The molecule has 1 aromatic heterocycles. The lowest BCUT2D eigenvalue weighted by Gasteiger charge is -2.45. The number of aromatic nitrogens is 1. The Hall–Kier alpha value is -3.53. The van der Waals surface area contributed by atoms with E-state index in [2.05, 4.69) is 20.5 Å². The molecular formula is C31H34Cl2FN5O3. The number of carbonyl (C=O) groups is 3. The Kier molecular flexibility index (Phi) is 10.9. The Balaban J connectivity index is 1.53. The lowest BCUT2D eigenvalue weighted by molar-refractivity contribution is -0.140. The fourth-order valence-corrected chi connectivity index (χ4v) is 5.57. The molecule has 0 radical (unpaired) electrons. The molecule has 0 saturated carbocycles. The molecule has 3 aromatic rings. The summed E-state index contributed by atoms with van der Waals surface area (Å²) in [6, 6.07) is 12.8. The Morgan fingerprint density at radius 2 is 1.67 bits per heavy atom. The van der Waals surface area contributed by atoms with Gasteiger partial charge in [0.1, 0.15) is 11.9 Å². The monoisotopic (exact) mass is 613 g/mol. The molecule has 2 N–H and O–H groups in total. The van der Waals surface area contributed by atoms with Gasteiger partial charge in [0.2, 0.25) is 11.8 Å². The van der Waals surface area contributed by atoms with Crippen LogP contribution in [0.1, 0.15) is 34.8 Å². The van der Waals surface area contributed by atoms with Crippen LogP contribution >= 0.6 is 23.2 Å². The number of hydrogen-bond acceptors (Lipinski definition) is 5. The fraction of sp³-hybridized carbons (Fsp3) is 0.355. The first-order valence-electron chi connectivity index (χ1n) is 13.9. The number of nitrogens with one attached hydrogen (secondary N) is 2. The summed E-state index contributed by atoms with van der Waals surface area (Å²) >= 11 is 12.3. The van der Waals surface area contributed by atoms with E-state index in [9.17, 15) is 18.8 Å². The largest absolute Gasteiger partial charge is 0.358 e. The maximum Gasteiger partial charge on any atom is 0.252 e. The minimum Gasteiger partial charge on any atom is -0.358 e. The van der Waals surface area contributed by atoms with Gasteiger partial charge >= 0.3 is 0 Å². The molecular weight excluding hydrogens is 580 g/mol. The second kappa shape index (κ2) is 14.6. The van der Waals surface area contributed by atoms with Gasteiger partial charge in [-0.3, -0.25) is 24.3 Å². The van der Waals surface area contributed by atoms with Crippen molar-refractivity contribution in [3.05, 3.63) is 99.5 Å². The SMILES string of the molecule is CCC1CN(C(Cc2ccc(Cl)c(Cl)c2)C(=O)NC)CCN1C(=O)C(Cc1ccc(F)cc1)NC(=O)c1ccncc1. The molecule has 1 aliphatic heterocycles. The summed E-state index contributed by atoms with van der Waals surface area (Å²) in [5.74, 6) is -1.13. The average Bonchev–Trinajstić information content (AvgIpc) is 3.01. The van der Waals surface area contributed by atoms with E-state index in [1.165, 1.54) is 24.5 Å². The smallest absolute Gasteiger partial charge is 0.252 e. The van der Waals surface area contributed by atoms with Gasteiger partial charge in [-0.05, 0) is 60.4 Å². The maximum absolute atomic E-state index is 14.0. The predicted octanol–water partition coefficient (Wildman–Crippen LogP) is 4.15. The van der Waals surface area contributed by atoms with E-state index in [0.717, 1.165) is 11.1 Å². The molecule has 11 heteroatoms. The Morgan fingerprint density at radius 1 is 0.976 bits per heavy atom. The first-order valence-corrected chi connectivity index (χ1v) is 14.6. The highest BCUT2D eigenvalue weighted by molar-refractivity contribution is 6.42. The summed E-state index contributed by atoms with van der Waals surface area (Å²) in [7, 11) is 1.60. The third kappa shape index (κ3) is 7.85. The number of amides is 3. The number of pyridine rings is 1. The van der Waals surface area contributed by atoms with E-state index in [4.69, 9.17) is 23.2 Å². The number of benzene rings is 2. The molecule has 2 heterocycles. The van der Waals surface area contributed by atoms with Crippen molar-refractivity contribution >= 4 is 40.9 Å². The van der Waals surface area contributed by atoms with E-state index >= 15 is 0 Å². The lowest BCUT2D eigenvalue weighted by atomic mass is 9.98. The van der Waals surface area contributed by atoms with Crippen molar-refractivity contribution in [3.8, 4) is 0 Å². The van der Waals surface area contributed by atoms with Gasteiger partial charge in [-0.25, -0.2) is 4.39 Å². The molecule has 0 aliphatic carbocycles. The second-order valence-electron chi connectivity index (χ2n) is 10.3. The highest BCUT2D eigenvalue weighted by Gasteiger charge is 2.37. The first kappa shape index (κ1) is 31.4. The fourth-order valence-electron chi connectivity index (χ4n) is 5.25. The summed E-state index contributed by atoms with van der Waals surface area (Å²) in [6.07, 6.45) is 4.30. The van der Waals surface area contributed by atoms with Crippen molar-refractivity contribution in [1.82, 2.24) is 25.4 Å². The van der Waals surface area contributed by atoms with Gasteiger partial charge in [-0.1, -0.05) is 48.3 Å². The summed E-state index contributed by atoms with van der Waals surface area (Å²) in [6.45, 7) is 3.30. The van der Waals surface area contributed by atoms with Crippen LogP contribution in [0.4, 0.5) is 4.39 Å². The second-order valence-corrected chi connectivity index (χ2v) is 11.1. The van der Waals surface area contributed by atoms with Crippen LogP contribution in [0.25, 0.3) is 0 Å². The van der Waals surface area contributed by atoms with Gasteiger partial charge in [0.25, 0.3) is 5.91 Å². The van der Waals surface area contributed by atoms with E-state index in [1.54, 1.807) is 48.3 Å². The van der Waals surface area contributed by atoms with Crippen molar-refractivity contribution in [2.75, 3.05) is 26.7 Å². The molecule has 3 unspecified atom stereocenters. The van der Waals surface area contributed by atoms with Crippen LogP contribution < -0.4 is 10.6 Å². The van der Waals surface area contributed by atoms with Gasteiger partial charge in [-0.2, -0.15) is 0 Å². The third-order valence-electron chi connectivity index (χ3n) is 7.57. The molecule has 42 heavy (non-hydrogen) atoms. The number of rotatable bonds is 10. The van der Waals surface area contributed by atoms with Crippen LogP contribution in [-0.4, -0.2) is 77.3 Å². The number of likely N-dealkylation sites (N-methyl/N-ethyl adjacent to an activating group) is 1. The number of carbonyl (C=O) groups excluding carboxylic acids is 3. The number of hydrogen-bond donors (Lipinski definition) is 2. The van der Waals surface area contributed by atoms with Crippen molar-refractivity contribution in [2.45, 2.75) is 44.3 Å². The van der Waals surface area contributed by atoms with E-state index in [0.29, 0.717) is 48.1 Å². The molecule has 1 saturated heterocycles. The van der Waals surface area contributed by atoms with Crippen LogP contribution in [0.5, 0.6) is 0 Å². The number of nitrogens with zero attached hydrogens (tertiary/aromatic N) is 3. The Labute approximate surface area is 255 Å². The molecule has 0 spiro atoms. The molecule has 3 amide bonds. The summed E-state index contributed by atoms with van der Waals surface area (Å²) in [5, 5.41) is 6.52. The van der Waals surface area contributed by atoms with E-state index in [-0.39, 0.29) is 30.1 Å². The molecule has 3 atom stereocenters. The standard InChI is InChI=1S/C31H34Cl2FN5O3/c1-3-24-19-38(28(30(41)35-2)18-21-6-9-25(32)26(33)16-21)14-15-39(24)31(42)27(17-20-4-7-23(34)8-5-20)37-29(40)22-10-12-36-13-11-22/h4-13,16,24,27-28H,3,14-15,17-19H2,1-2H3,(H,35,41)(H,37,40). The molecule has 1 aliphatic rings. The Bertz CT molecular complexity index is 1390. The Morgan fingerprint density at radius 3 is 2.31 bits per heavy atom. The van der Waals surface area contributed by atoms with E-state index in [1.807, 2.05) is 13.0 Å². The zero-order valence-electron chi connectivity index (χ0n) is 23.5. The minimum absolute atomic E-state index is 0.130. The lowest BCUT2D eigenvalue weighted by Crippen LogP contribution is -2.63. The molecule has 8 nitrogen and oxygen atoms in total. The van der Waals surface area contributed by atoms with Gasteiger partial charge in [0.05, 0.1) is 16.1 Å². The van der Waals surface area contributed by atoms with Crippen LogP contribution in [-0.2, 0) is 22.4 Å². The molecule has 0 bridgehead atoms. The van der Waals surface area contributed by atoms with Crippen molar-refractivity contribution in [1.29, 1.82) is 0 Å².